The van der Waals surface area contributed by atoms with Gasteiger partial charge in [0.05, 0.1) is 11.2 Å². The molecule has 0 saturated carbocycles. The molecule has 0 radical (unpaired) electrons. The maximum Gasteiger partial charge on any atom is 0.0808 e. The summed E-state index contributed by atoms with van der Waals surface area (Å²) in [5.41, 5.74) is 10.9. The van der Waals surface area contributed by atoms with Crippen LogP contribution in [0.3, 0.4) is 0 Å². The van der Waals surface area contributed by atoms with Gasteiger partial charge in [-0.3, -0.25) is 9.98 Å². The maximum absolute atomic E-state index is 5.32. The normalized spacial score (nSPS) is 16.0. The van der Waals surface area contributed by atoms with E-state index < -0.39 is 0 Å². The van der Waals surface area contributed by atoms with Crippen molar-refractivity contribution in [2.45, 2.75) is 0 Å². The van der Waals surface area contributed by atoms with E-state index in [0.717, 1.165) is 16.6 Å². The molecule has 108 valence electrons. The highest BCUT2D eigenvalue weighted by molar-refractivity contribution is 7.83. The van der Waals surface area contributed by atoms with Crippen molar-refractivity contribution in [2.24, 2.45) is 10.7 Å². The van der Waals surface area contributed by atoms with E-state index in [1.165, 1.54) is 22.9 Å². The molecule has 3 nitrogen and oxygen atoms in total. The lowest BCUT2D eigenvalue weighted by Gasteiger charge is -1.98. The highest BCUT2D eigenvalue weighted by atomic mass is 32.1. The third-order valence-corrected chi connectivity index (χ3v) is 3.54. The number of pyridine rings is 1. The second-order valence-electron chi connectivity index (χ2n) is 4.68. The van der Waals surface area contributed by atoms with Crippen LogP contribution in [0.4, 0.5) is 5.69 Å². The van der Waals surface area contributed by atoms with Gasteiger partial charge >= 0.3 is 0 Å². The molecule has 3 rings (SSSR count). The van der Waals surface area contributed by atoms with E-state index in [4.69, 9.17) is 5.73 Å². The minimum atomic E-state index is 0.894. The summed E-state index contributed by atoms with van der Waals surface area (Å²) < 4.78 is 0. The van der Waals surface area contributed by atoms with Crippen molar-refractivity contribution in [1.82, 2.24) is 4.98 Å². The number of aliphatic imine (C=N–C) groups is 1. The van der Waals surface area contributed by atoms with Gasteiger partial charge in [0.15, 0.2) is 0 Å². The molecule has 0 amide bonds. The van der Waals surface area contributed by atoms with Crippen molar-refractivity contribution in [3.63, 3.8) is 0 Å². The predicted molar refractivity (Wildman–Crippen MR) is 97.6 cm³/mol. The Morgan fingerprint density at radius 3 is 2.82 bits per heavy atom. The molecule has 1 heterocycles. The zero-order valence-electron chi connectivity index (χ0n) is 11.8. The number of rotatable bonds is 4. The summed E-state index contributed by atoms with van der Waals surface area (Å²) >= 11 is 4.02. The van der Waals surface area contributed by atoms with Crippen LogP contribution in [0.15, 0.2) is 71.4 Å². The molecule has 4 heteroatoms. The first-order valence-corrected chi connectivity index (χ1v) is 7.39. The van der Waals surface area contributed by atoms with E-state index in [1.54, 1.807) is 23.9 Å². The average molecular weight is 305 g/mol. The molecule has 0 atom stereocenters. The number of benzene rings is 1. The van der Waals surface area contributed by atoms with E-state index >= 15 is 0 Å². The highest BCUT2D eigenvalue weighted by Crippen LogP contribution is 2.47. The Balaban J connectivity index is 1.99. The number of nitrogens with zero attached hydrogens (tertiary/aromatic N) is 2. The molecule has 2 aromatic rings. The van der Waals surface area contributed by atoms with Gasteiger partial charge in [-0.2, -0.15) is 12.6 Å². The number of hydrogen-bond acceptors (Lipinski definition) is 4. The van der Waals surface area contributed by atoms with Gasteiger partial charge in [0, 0.05) is 23.4 Å². The fourth-order valence-electron chi connectivity index (χ4n) is 2.36. The van der Waals surface area contributed by atoms with Gasteiger partial charge in [0.2, 0.25) is 0 Å². The Morgan fingerprint density at radius 1 is 1.09 bits per heavy atom. The van der Waals surface area contributed by atoms with Gasteiger partial charge in [-0.05, 0) is 41.0 Å². The van der Waals surface area contributed by atoms with E-state index in [2.05, 4.69) is 40.8 Å². The molecule has 0 unspecified atom stereocenters. The van der Waals surface area contributed by atoms with Crippen molar-refractivity contribution >= 4 is 41.0 Å². The molecule has 22 heavy (non-hydrogen) atoms. The van der Waals surface area contributed by atoms with Gasteiger partial charge in [-0.1, -0.05) is 30.4 Å². The number of allylic oxidation sites excluding steroid dienone is 5. The lowest BCUT2D eigenvalue weighted by Crippen LogP contribution is -1.79. The van der Waals surface area contributed by atoms with Gasteiger partial charge in [0.25, 0.3) is 0 Å². The summed E-state index contributed by atoms with van der Waals surface area (Å²) in [6.07, 6.45) is 14.5. The second kappa shape index (κ2) is 6.45. The minimum absolute atomic E-state index is 0.894. The average Bonchev–Trinajstić information content (AvgIpc) is 3.26. The summed E-state index contributed by atoms with van der Waals surface area (Å²) in [6.45, 7) is 0. The van der Waals surface area contributed by atoms with E-state index in [0.29, 0.717) is 0 Å². The highest BCUT2D eigenvalue weighted by Gasteiger charge is 2.28. The molecule has 0 spiro atoms. The molecule has 2 N–H and O–H groups in total. The topological polar surface area (TPSA) is 51.3 Å². The molecule has 0 bridgehead atoms. The van der Waals surface area contributed by atoms with Crippen LogP contribution in [0.5, 0.6) is 0 Å². The molecule has 0 saturated heterocycles. The first-order chi connectivity index (χ1) is 10.9. The summed E-state index contributed by atoms with van der Waals surface area (Å²) in [7, 11) is 0. The standard InChI is InChI=1S/C18H15N3S/c19-9-4-10-20-16-8-11-21-18-15(16)7-6-14-13(17(14)18)5-2-1-3-12-22/h1-12,22H,19H2/b2-1-,9-4?,12-3+,13-5-,20-10?. The lowest BCUT2D eigenvalue weighted by atomic mass is 10.2. The zero-order valence-corrected chi connectivity index (χ0v) is 12.7. The number of fused-ring (bicyclic) bond motifs is 3. The third kappa shape index (κ3) is 2.73. The van der Waals surface area contributed by atoms with Gasteiger partial charge in [-0.15, -0.1) is 0 Å². The maximum atomic E-state index is 5.32. The Bertz CT molecular complexity index is 858. The van der Waals surface area contributed by atoms with Crippen LogP contribution in [0.25, 0.3) is 16.5 Å². The Hall–Kier alpha value is -2.59. The fourth-order valence-corrected chi connectivity index (χ4v) is 2.46. The third-order valence-electron chi connectivity index (χ3n) is 3.37. The smallest absolute Gasteiger partial charge is 0.0808 e. The van der Waals surface area contributed by atoms with Crippen LogP contribution in [0.2, 0.25) is 0 Å². The number of hydrogen-bond donors (Lipinski definition) is 2. The van der Waals surface area contributed by atoms with E-state index in [1.807, 2.05) is 24.3 Å². The largest absolute Gasteiger partial charge is 0.405 e. The van der Waals surface area contributed by atoms with Crippen LogP contribution in [0, 0.1) is 0 Å². The van der Waals surface area contributed by atoms with Gasteiger partial charge in [-0.25, -0.2) is 0 Å². The monoisotopic (exact) mass is 305 g/mol. The van der Waals surface area contributed by atoms with E-state index in [9.17, 15) is 0 Å². The summed E-state index contributed by atoms with van der Waals surface area (Å²) in [5.74, 6) is 0. The summed E-state index contributed by atoms with van der Waals surface area (Å²) in [6, 6.07) is 6.09. The molecule has 1 aliphatic carbocycles. The first kappa shape index (κ1) is 14.4. The van der Waals surface area contributed by atoms with Crippen LogP contribution in [-0.4, -0.2) is 11.2 Å². The zero-order chi connectivity index (χ0) is 15.4. The first-order valence-electron chi connectivity index (χ1n) is 6.88. The number of thiol groups is 1. The Morgan fingerprint density at radius 2 is 2.00 bits per heavy atom. The van der Waals surface area contributed by atoms with Crippen LogP contribution in [0.1, 0.15) is 11.1 Å². The molecule has 1 aliphatic rings. The van der Waals surface area contributed by atoms with Crippen molar-refractivity contribution < 1.29 is 0 Å². The molecular formula is C18H15N3S. The number of nitrogens with two attached hydrogens (primary N) is 1. The molecule has 1 aromatic heterocycles. The SMILES string of the molecule is NC=CC=Nc1ccnc2c3c(ccc12)/C3=C/C=C\C=C\S. The van der Waals surface area contributed by atoms with Crippen molar-refractivity contribution in [3.05, 3.63) is 77.5 Å². The Labute approximate surface area is 134 Å². The minimum Gasteiger partial charge on any atom is -0.405 e. The molecule has 1 aromatic carbocycles. The van der Waals surface area contributed by atoms with Crippen LogP contribution in [-0.2, 0) is 0 Å². The summed E-state index contributed by atoms with van der Waals surface area (Å²) in [4.78, 5) is 8.93. The van der Waals surface area contributed by atoms with Gasteiger partial charge in [0.1, 0.15) is 0 Å². The van der Waals surface area contributed by atoms with E-state index in [-0.39, 0.29) is 0 Å². The number of aromatic nitrogens is 1. The summed E-state index contributed by atoms with van der Waals surface area (Å²) in [5, 5.41) is 2.75. The molecule has 0 aliphatic heterocycles. The van der Waals surface area contributed by atoms with Gasteiger partial charge < -0.3 is 5.73 Å². The molecular weight excluding hydrogens is 290 g/mol. The second-order valence-corrected chi connectivity index (χ2v) is 4.98. The Kier molecular flexibility index (Phi) is 4.21. The fraction of sp³-hybridized carbons (Fsp3) is 0. The van der Waals surface area contributed by atoms with Crippen molar-refractivity contribution in [3.8, 4) is 0 Å². The van der Waals surface area contributed by atoms with Crippen molar-refractivity contribution in [1.29, 1.82) is 0 Å². The molecule has 0 fully saturated rings. The predicted octanol–water partition coefficient (Wildman–Crippen LogP) is 4.15. The quantitative estimate of drug-likeness (QED) is 0.432. The van der Waals surface area contributed by atoms with Crippen LogP contribution < -0.4 is 5.73 Å². The van der Waals surface area contributed by atoms with Crippen LogP contribution >= 0.6 is 12.6 Å². The van der Waals surface area contributed by atoms with Crippen molar-refractivity contribution in [2.75, 3.05) is 0 Å². The lowest BCUT2D eigenvalue weighted by molar-refractivity contribution is 1.40.